The van der Waals surface area contributed by atoms with E-state index >= 15 is 0 Å². The number of likely N-dealkylation sites (N-methyl/N-ethyl adjacent to an activating group) is 1. The maximum absolute atomic E-state index is 10.0. The fourth-order valence-electron chi connectivity index (χ4n) is 2.28. The van der Waals surface area contributed by atoms with Crippen molar-refractivity contribution in [1.29, 1.82) is 0 Å². The molecule has 5 nitrogen and oxygen atoms in total. The van der Waals surface area contributed by atoms with Gasteiger partial charge in [0.1, 0.15) is 0 Å². The van der Waals surface area contributed by atoms with E-state index in [0.29, 0.717) is 19.8 Å². The topological polar surface area (TPSA) is 54.8 Å². The maximum Gasteiger partial charge on any atom is 0.186 e. The predicted molar refractivity (Wildman–Crippen MR) is 96.2 cm³/mol. The number of nitrogens with zero attached hydrogens (tertiary/aromatic N) is 2. The molecule has 1 heterocycles. The second-order valence-electron chi connectivity index (χ2n) is 6.63. The summed E-state index contributed by atoms with van der Waals surface area (Å²) in [5, 5.41) is 10.0. The van der Waals surface area contributed by atoms with E-state index in [1.807, 2.05) is 31.4 Å². The first-order valence-electron chi connectivity index (χ1n) is 8.32. The van der Waals surface area contributed by atoms with Crippen LogP contribution >= 0.6 is 0 Å². The molecule has 0 aliphatic heterocycles. The Kier molecular flexibility index (Phi) is 9.58. The lowest BCUT2D eigenvalue weighted by Crippen LogP contribution is -2.34. The van der Waals surface area contributed by atoms with Crippen LogP contribution in [0.15, 0.2) is 24.4 Å². The summed E-state index contributed by atoms with van der Waals surface area (Å²) in [5.41, 5.74) is 1.08. The first kappa shape index (κ1) is 20.3. The first-order valence-corrected chi connectivity index (χ1v) is 11.4. The second kappa shape index (κ2) is 10.9. The van der Waals surface area contributed by atoms with E-state index in [1.54, 1.807) is 7.11 Å². The molecule has 1 aromatic heterocycles. The average molecular weight is 341 g/mol. The first-order chi connectivity index (χ1) is 10.9. The molecule has 0 saturated carbocycles. The van der Waals surface area contributed by atoms with Crippen molar-refractivity contribution >= 4 is 8.32 Å². The van der Waals surface area contributed by atoms with Crippen LogP contribution in [0.5, 0.6) is 0 Å². The van der Waals surface area contributed by atoms with Crippen LogP contribution in [0, 0.1) is 0 Å². The second-order valence-corrected chi connectivity index (χ2v) is 11.1. The summed E-state index contributed by atoms with van der Waals surface area (Å²) < 4.78 is 11.1. The maximum atomic E-state index is 10.0. The van der Waals surface area contributed by atoms with E-state index in [0.717, 1.165) is 31.1 Å². The number of rotatable bonds is 12. The van der Waals surface area contributed by atoms with Crippen molar-refractivity contribution in [3.05, 3.63) is 30.1 Å². The van der Waals surface area contributed by atoms with E-state index in [4.69, 9.17) is 9.16 Å². The van der Waals surface area contributed by atoms with Gasteiger partial charge < -0.3 is 19.2 Å². The molecular formula is C17H32N2O3Si. The molecule has 0 spiro atoms. The standard InChI is InChI=1S/C17H32N2O3Si/c1-19(11-9-16-8-5-6-10-18-16)14-17(20)15-22-12-7-13-23(3,4)21-2/h5-6,8,10,17,20H,7,9,11-15H2,1-4H3. The highest BCUT2D eigenvalue weighted by Crippen LogP contribution is 2.12. The van der Waals surface area contributed by atoms with Crippen molar-refractivity contribution in [2.24, 2.45) is 0 Å². The van der Waals surface area contributed by atoms with Gasteiger partial charge in [-0.05, 0) is 44.7 Å². The summed E-state index contributed by atoms with van der Waals surface area (Å²) in [4.78, 5) is 6.42. The number of ether oxygens (including phenoxy) is 1. The Balaban J connectivity index is 2.07. The van der Waals surface area contributed by atoms with Gasteiger partial charge in [0.2, 0.25) is 0 Å². The van der Waals surface area contributed by atoms with Gasteiger partial charge >= 0.3 is 0 Å². The zero-order valence-electron chi connectivity index (χ0n) is 15.0. The zero-order chi connectivity index (χ0) is 17.1. The smallest absolute Gasteiger partial charge is 0.186 e. The van der Waals surface area contributed by atoms with Gasteiger partial charge in [-0.3, -0.25) is 4.98 Å². The summed E-state index contributed by atoms with van der Waals surface area (Å²) in [6.45, 7) is 6.99. The molecule has 1 unspecified atom stereocenters. The number of aliphatic hydroxyl groups excluding tert-OH is 1. The lowest BCUT2D eigenvalue weighted by atomic mass is 10.2. The fraction of sp³-hybridized carbons (Fsp3) is 0.706. The molecule has 1 aromatic rings. The molecule has 132 valence electrons. The minimum Gasteiger partial charge on any atom is -0.420 e. The molecule has 0 amide bonds. The van der Waals surface area contributed by atoms with Gasteiger partial charge in [-0.15, -0.1) is 0 Å². The van der Waals surface area contributed by atoms with Crippen molar-refractivity contribution in [1.82, 2.24) is 9.88 Å². The summed E-state index contributed by atoms with van der Waals surface area (Å²) >= 11 is 0. The molecule has 1 rings (SSSR count). The highest BCUT2D eigenvalue weighted by molar-refractivity contribution is 6.71. The van der Waals surface area contributed by atoms with Crippen molar-refractivity contribution in [2.45, 2.75) is 38.1 Å². The number of pyridine rings is 1. The predicted octanol–water partition coefficient (Wildman–Crippen LogP) is 2.17. The molecule has 0 bridgehead atoms. The van der Waals surface area contributed by atoms with Crippen molar-refractivity contribution in [3.8, 4) is 0 Å². The van der Waals surface area contributed by atoms with Crippen LogP contribution < -0.4 is 0 Å². The highest BCUT2D eigenvalue weighted by Gasteiger charge is 2.19. The number of hydrogen-bond donors (Lipinski definition) is 1. The van der Waals surface area contributed by atoms with E-state index < -0.39 is 14.4 Å². The average Bonchev–Trinajstić information content (AvgIpc) is 2.53. The molecule has 0 aliphatic rings. The summed E-state index contributed by atoms with van der Waals surface area (Å²) in [7, 11) is 2.32. The number of aliphatic hydroxyl groups is 1. The van der Waals surface area contributed by atoms with Crippen molar-refractivity contribution < 1.29 is 14.3 Å². The lowest BCUT2D eigenvalue weighted by Gasteiger charge is -2.21. The van der Waals surface area contributed by atoms with Crippen LogP contribution in [0.3, 0.4) is 0 Å². The Labute approximate surface area is 141 Å². The quantitative estimate of drug-likeness (QED) is 0.467. The molecule has 6 heteroatoms. The van der Waals surface area contributed by atoms with Gasteiger partial charge in [-0.1, -0.05) is 6.07 Å². The van der Waals surface area contributed by atoms with Crippen molar-refractivity contribution in [3.63, 3.8) is 0 Å². The number of hydrogen-bond acceptors (Lipinski definition) is 5. The molecule has 1 N–H and O–H groups in total. The van der Waals surface area contributed by atoms with Gasteiger partial charge in [0.25, 0.3) is 0 Å². The largest absolute Gasteiger partial charge is 0.420 e. The third-order valence-electron chi connectivity index (χ3n) is 3.93. The van der Waals surface area contributed by atoms with Crippen molar-refractivity contribution in [2.75, 3.05) is 40.5 Å². The molecule has 0 aromatic carbocycles. The highest BCUT2D eigenvalue weighted by atomic mass is 28.4. The van der Waals surface area contributed by atoms with Crippen LogP contribution in [0.25, 0.3) is 0 Å². The SMILES string of the molecule is CO[Si](C)(C)CCCOCC(O)CN(C)CCc1ccccn1. The molecule has 0 aliphatic carbocycles. The molecule has 1 atom stereocenters. The van der Waals surface area contributed by atoms with Gasteiger partial charge in [-0.2, -0.15) is 0 Å². The van der Waals surface area contributed by atoms with E-state index in [9.17, 15) is 5.11 Å². The van der Waals surface area contributed by atoms with Crippen LogP contribution in [-0.2, 0) is 15.6 Å². The van der Waals surface area contributed by atoms with Gasteiger partial charge in [0, 0.05) is 45.1 Å². The van der Waals surface area contributed by atoms with Crippen LogP contribution in [0.1, 0.15) is 12.1 Å². The van der Waals surface area contributed by atoms with Crippen LogP contribution in [0.2, 0.25) is 19.1 Å². The minimum absolute atomic E-state index is 0.392. The molecule has 0 fully saturated rings. The summed E-state index contributed by atoms with van der Waals surface area (Å²) in [5.74, 6) is 0. The third kappa shape index (κ3) is 9.83. The van der Waals surface area contributed by atoms with Crippen LogP contribution in [-0.4, -0.2) is 69.9 Å². The Morgan fingerprint density at radius 2 is 2.13 bits per heavy atom. The molecule has 0 saturated heterocycles. The minimum atomic E-state index is -1.48. The molecular weight excluding hydrogens is 308 g/mol. The van der Waals surface area contributed by atoms with Crippen LogP contribution in [0.4, 0.5) is 0 Å². The monoisotopic (exact) mass is 340 g/mol. The zero-order valence-corrected chi connectivity index (χ0v) is 16.0. The third-order valence-corrected chi connectivity index (χ3v) is 6.59. The summed E-state index contributed by atoms with van der Waals surface area (Å²) in [6.07, 6.45) is 3.25. The Morgan fingerprint density at radius 3 is 2.78 bits per heavy atom. The van der Waals surface area contributed by atoms with E-state index in [-0.39, 0.29) is 0 Å². The fourth-order valence-corrected chi connectivity index (χ4v) is 3.48. The molecule has 23 heavy (non-hydrogen) atoms. The van der Waals surface area contributed by atoms with E-state index in [1.165, 1.54) is 0 Å². The Bertz CT molecular complexity index is 418. The van der Waals surface area contributed by atoms with Gasteiger partial charge in [0.15, 0.2) is 8.32 Å². The van der Waals surface area contributed by atoms with Gasteiger partial charge in [-0.25, -0.2) is 0 Å². The molecule has 0 radical (unpaired) electrons. The Morgan fingerprint density at radius 1 is 1.35 bits per heavy atom. The summed E-state index contributed by atoms with van der Waals surface area (Å²) in [6, 6.07) is 7.03. The normalized spacial score (nSPS) is 13.5. The van der Waals surface area contributed by atoms with Gasteiger partial charge in [0.05, 0.1) is 12.7 Å². The number of aromatic nitrogens is 1. The lowest BCUT2D eigenvalue weighted by molar-refractivity contribution is 0.0210. The Hall–Kier alpha value is -0.793. The van der Waals surface area contributed by atoms with E-state index in [2.05, 4.69) is 23.0 Å².